The summed E-state index contributed by atoms with van der Waals surface area (Å²) in [4.78, 5) is 20.0. The lowest BCUT2D eigenvalue weighted by Gasteiger charge is -2.02. The van der Waals surface area contributed by atoms with E-state index in [1.165, 1.54) is 6.07 Å². The van der Waals surface area contributed by atoms with E-state index in [1.54, 1.807) is 19.1 Å². The van der Waals surface area contributed by atoms with Crippen molar-refractivity contribution in [3.8, 4) is 11.5 Å². The van der Waals surface area contributed by atoms with Crippen molar-refractivity contribution in [2.75, 3.05) is 0 Å². The Hall–Kier alpha value is -1.84. The molecule has 1 aromatic carbocycles. The maximum Gasteiger partial charge on any atom is 0.298 e. The van der Waals surface area contributed by atoms with Crippen molar-refractivity contribution in [3.63, 3.8) is 0 Å². The molecule has 68 valence electrons. The predicted molar refractivity (Wildman–Crippen MR) is 44.6 cm³/mol. The average molecular weight is 180 g/mol. The third-order valence-corrected chi connectivity index (χ3v) is 1.39. The molecule has 0 spiro atoms. The molecule has 0 aliphatic carbocycles. The number of carbonyl (C=O) groups is 2. The molecule has 0 unspecified atom stereocenters. The molecule has 0 aromatic heterocycles. The lowest BCUT2D eigenvalue weighted by Crippen LogP contribution is -1.93. The molecule has 0 bridgehead atoms. The predicted octanol–water partition coefficient (Wildman–Crippen LogP) is 1.07. The first-order valence-electron chi connectivity index (χ1n) is 3.58. The van der Waals surface area contributed by atoms with Gasteiger partial charge in [-0.25, -0.2) is 0 Å². The molecular formula is C9H8O4. The Labute approximate surface area is 75.1 Å². The van der Waals surface area contributed by atoms with Gasteiger partial charge in [-0.3, -0.25) is 9.59 Å². The lowest BCUT2D eigenvalue weighted by atomic mass is 10.2. The van der Waals surface area contributed by atoms with Gasteiger partial charge in [-0.05, 0) is 24.6 Å². The third kappa shape index (κ3) is 2.59. The van der Waals surface area contributed by atoms with Crippen LogP contribution in [-0.4, -0.2) is 12.9 Å². The highest BCUT2D eigenvalue weighted by Crippen LogP contribution is 2.21. The van der Waals surface area contributed by atoms with E-state index in [4.69, 9.17) is 0 Å². The molecule has 0 amide bonds. The molecule has 0 saturated heterocycles. The Morgan fingerprint density at radius 2 is 1.46 bits per heavy atom. The van der Waals surface area contributed by atoms with Crippen molar-refractivity contribution in [1.82, 2.24) is 0 Å². The Balaban J connectivity index is 2.95. The van der Waals surface area contributed by atoms with Crippen molar-refractivity contribution in [2.45, 2.75) is 6.92 Å². The van der Waals surface area contributed by atoms with Crippen molar-refractivity contribution in [2.24, 2.45) is 0 Å². The molecule has 1 aromatic rings. The highest BCUT2D eigenvalue weighted by atomic mass is 16.5. The highest BCUT2D eigenvalue weighted by Gasteiger charge is 1.99. The number of aryl methyl sites for hydroxylation is 1. The van der Waals surface area contributed by atoms with Crippen molar-refractivity contribution in [1.29, 1.82) is 0 Å². The molecule has 0 N–H and O–H groups in total. The van der Waals surface area contributed by atoms with E-state index in [2.05, 4.69) is 9.47 Å². The smallest absolute Gasteiger partial charge is 0.298 e. The van der Waals surface area contributed by atoms with E-state index >= 15 is 0 Å². The number of benzene rings is 1. The fourth-order valence-corrected chi connectivity index (χ4v) is 0.961. The Morgan fingerprint density at radius 1 is 1.00 bits per heavy atom. The zero-order chi connectivity index (χ0) is 9.68. The van der Waals surface area contributed by atoms with Crippen LogP contribution in [0.1, 0.15) is 5.56 Å². The van der Waals surface area contributed by atoms with Gasteiger partial charge in [0, 0.05) is 6.07 Å². The standard InChI is InChI=1S/C9H8O4/c1-7-2-8(12-5-10)4-9(3-7)13-6-11/h2-6H,1H3. The number of hydrogen-bond acceptors (Lipinski definition) is 4. The van der Waals surface area contributed by atoms with Crippen LogP contribution in [0.5, 0.6) is 11.5 Å². The van der Waals surface area contributed by atoms with E-state index in [9.17, 15) is 9.59 Å². The number of carbonyl (C=O) groups excluding carboxylic acids is 2. The maximum atomic E-state index is 10.0. The van der Waals surface area contributed by atoms with E-state index in [1.807, 2.05) is 0 Å². The van der Waals surface area contributed by atoms with Gasteiger partial charge in [-0.1, -0.05) is 0 Å². The topological polar surface area (TPSA) is 52.6 Å². The number of ether oxygens (including phenoxy) is 2. The maximum absolute atomic E-state index is 10.0. The van der Waals surface area contributed by atoms with Crippen LogP contribution in [0.2, 0.25) is 0 Å². The van der Waals surface area contributed by atoms with Gasteiger partial charge >= 0.3 is 0 Å². The van der Waals surface area contributed by atoms with Gasteiger partial charge < -0.3 is 9.47 Å². The molecular weight excluding hydrogens is 172 g/mol. The van der Waals surface area contributed by atoms with E-state index in [0.29, 0.717) is 24.4 Å². The Bertz CT molecular complexity index is 291. The number of rotatable bonds is 4. The van der Waals surface area contributed by atoms with Crippen LogP contribution in [0, 0.1) is 6.92 Å². The Morgan fingerprint density at radius 3 is 1.85 bits per heavy atom. The van der Waals surface area contributed by atoms with Gasteiger partial charge in [0.15, 0.2) is 0 Å². The summed E-state index contributed by atoms with van der Waals surface area (Å²) in [7, 11) is 0. The average Bonchev–Trinajstić information content (AvgIpc) is 2.04. The monoisotopic (exact) mass is 180 g/mol. The SMILES string of the molecule is Cc1cc(OC=O)cc(OC=O)c1. The van der Waals surface area contributed by atoms with Crippen molar-refractivity contribution in [3.05, 3.63) is 23.8 Å². The summed E-state index contributed by atoms with van der Waals surface area (Å²) >= 11 is 0. The molecule has 4 heteroatoms. The zero-order valence-corrected chi connectivity index (χ0v) is 7.02. The fraction of sp³-hybridized carbons (Fsp3) is 0.111. The summed E-state index contributed by atoms with van der Waals surface area (Å²) in [5.41, 5.74) is 0.844. The molecule has 0 fully saturated rings. The normalized spacial score (nSPS) is 9.00. The second-order valence-corrected chi connectivity index (χ2v) is 2.41. The summed E-state index contributed by atoms with van der Waals surface area (Å²) < 4.78 is 9.19. The summed E-state index contributed by atoms with van der Waals surface area (Å²) in [6.45, 7) is 2.44. The molecule has 0 atom stereocenters. The first-order chi connectivity index (χ1) is 6.26. The highest BCUT2D eigenvalue weighted by molar-refractivity contribution is 5.51. The minimum atomic E-state index is 0.319. The van der Waals surface area contributed by atoms with E-state index in [0.717, 1.165) is 5.56 Å². The second kappa shape index (κ2) is 4.25. The van der Waals surface area contributed by atoms with Crippen molar-refractivity contribution < 1.29 is 19.1 Å². The van der Waals surface area contributed by atoms with Crippen LogP contribution < -0.4 is 9.47 Å². The first-order valence-corrected chi connectivity index (χ1v) is 3.58. The summed E-state index contributed by atoms with van der Waals surface area (Å²) in [5.74, 6) is 0.707. The van der Waals surface area contributed by atoms with Crippen molar-refractivity contribution >= 4 is 12.9 Å². The van der Waals surface area contributed by atoms with E-state index in [-0.39, 0.29) is 0 Å². The zero-order valence-electron chi connectivity index (χ0n) is 7.02. The summed E-state index contributed by atoms with van der Waals surface area (Å²) in [5, 5.41) is 0. The largest absolute Gasteiger partial charge is 0.429 e. The molecule has 1 rings (SSSR count). The molecule has 13 heavy (non-hydrogen) atoms. The third-order valence-electron chi connectivity index (χ3n) is 1.39. The summed E-state index contributed by atoms with van der Waals surface area (Å²) in [6, 6.07) is 4.77. The molecule has 0 radical (unpaired) electrons. The lowest BCUT2D eigenvalue weighted by molar-refractivity contribution is -0.121. The van der Waals surface area contributed by atoms with Gasteiger partial charge in [0.1, 0.15) is 11.5 Å². The van der Waals surface area contributed by atoms with Crippen LogP contribution in [0.15, 0.2) is 18.2 Å². The first kappa shape index (κ1) is 9.25. The fourth-order valence-electron chi connectivity index (χ4n) is 0.961. The second-order valence-electron chi connectivity index (χ2n) is 2.41. The molecule has 0 saturated carbocycles. The van der Waals surface area contributed by atoms with Gasteiger partial charge in [0.25, 0.3) is 12.9 Å². The Kier molecular flexibility index (Phi) is 3.03. The van der Waals surface area contributed by atoms with Gasteiger partial charge in [0.05, 0.1) is 0 Å². The van der Waals surface area contributed by atoms with E-state index < -0.39 is 0 Å². The molecule has 4 nitrogen and oxygen atoms in total. The molecule has 0 aliphatic heterocycles. The van der Waals surface area contributed by atoms with Crippen LogP contribution in [0.3, 0.4) is 0 Å². The van der Waals surface area contributed by atoms with Crippen LogP contribution in [0.4, 0.5) is 0 Å². The quantitative estimate of drug-likeness (QED) is 0.650. The molecule has 0 aliphatic rings. The summed E-state index contributed by atoms with van der Waals surface area (Å²) in [6.07, 6.45) is 0. The molecule has 0 heterocycles. The van der Waals surface area contributed by atoms with Crippen LogP contribution in [0.25, 0.3) is 0 Å². The van der Waals surface area contributed by atoms with Crippen LogP contribution in [-0.2, 0) is 9.59 Å². The van der Waals surface area contributed by atoms with Crippen LogP contribution >= 0.6 is 0 Å². The van der Waals surface area contributed by atoms with Gasteiger partial charge in [-0.2, -0.15) is 0 Å². The minimum absolute atomic E-state index is 0.319. The minimum Gasteiger partial charge on any atom is -0.429 e. The number of hydrogen-bond donors (Lipinski definition) is 0. The van der Waals surface area contributed by atoms with Gasteiger partial charge in [-0.15, -0.1) is 0 Å². The van der Waals surface area contributed by atoms with Gasteiger partial charge in [0.2, 0.25) is 0 Å².